The monoisotopic (exact) mass is 309 g/mol. The molecule has 0 aliphatic carbocycles. The summed E-state index contributed by atoms with van der Waals surface area (Å²) in [5.41, 5.74) is 4.73. The van der Waals surface area contributed by atoms with E-state index in [2.05, 4.69) is 43.3 Å². The fourth-order valence-corrected chi connectivity index (χ4v) is 2.37. The maximum atomic E-state index is 9.52. The Bertz CT molecular complexity index is 754. The molecule has 3 rings (SSSR count). The molecule has 0 aliphatic heterocycles. The molecule has 2 N–H and O–H groups in total. The van der Waals surface area contributed by atoms with Gasteiger partial charge in [0.1, 0.15) is 6.61 Å². The minimum absolute atomic E-state index is 0.126. The van der Waals surface area contributed by atoms with Crippen LogP contribution in [0.2, 0.25) is 0 Å². The molecule has 0 atom stereocenters. The van der Waals surface area contributed by atoms with Crippen molar-refractivity contribution in [1.29, 1.82) is 0 Å². The van der Waals surface area contributed by atoms with Gasteiger partial charge in [-0.15, -0.1) is 4.73 Å². The molecule has 23 heavy (non-hydrogen) atoms. The van der Waals surface area contributed by atoms with Gasteiger partial charge in [0.15, 0.2) is 0 Å². The number of aromatic nitrogens is 1. The highest BCUT2D eigenvalue weighted by Crippen LogP contribution is 2.19. The van der Waals surface area contributed by atoms with Crippen LogP contribution in [0.1, 0.15) is 22.3 Å². The van der Waals surface area contributed by atoms with E-state index in [0.717, 1.165) is 16.7 Å². The summed E-state index contributed by atoms with van der Waals surface area (Å²) < 4.78 is 1.00. The molecule has 118 valence electrons. The number of aromatic hydroxyl groups is 2. The van der Waals surface area contributed by atoms with Crippen molar-refractivity contribution in [2.75, 3.05) is 0 Å². The molecule has 0 spiro atoms. The summed E-state index contributed by atoms with van der Waals surface area (Å²) in [4.78, 5) is 5.38. The maximum absolute atomic E-state index is 9.52. The van der Waals surface area contributed by atoms with Gasteiger partial charge < -0.3 is 15.1 Å². The Morgan fingerprint density at radius 2 is 1.22 bits per heavy atom. The molecule has 0 fully saturated rings. The standard InChI is InChI=1S/C19H19NO3/c1-14-2-4-15(5-3-14)12-16-6-8-17(9-7-16)13-23-20-18(21)10-11-19(20)22/h2-11,21-22H,12-13H2,1H3. The van der Waals surface area contributed by atoms with Gasteiger partial charge in [-0.1, -0.05) is 54.1 Å². The number of nitrogens with zero attached hydrogens (tertiary/aromatic N) is 1. The van der Waals surface area contributed by atoms with Crippen LogP contribution in [0.25, 0.3) is 0 Å². The SMILES string of the molecule is Cc1ccc(Cc2ccc(COn3c(O)ccc3O)cc2)cc1. The molecule has 0 unspecified atom stereocenters. The molecular formula is C19H19NO3. The van der Waals surface area contributed by atoms with Crippen LogP contribution in [-0.4, -0.2) is 14.9 Å². The molecule has 0 aliphatic rings. The molecule has 4 heteroatoms. The Kier molecular flexibility index (Phi) is 4.24. The van der Waals surface area contributed by atoms with Gasteiger partial charge in [-0.25, -0.2) is 0 Å². The fraction of sp³-hybridized carbons (Fsp3) is 0.158. The smallest absolute Gasteiger partial charge is 0.229 e. The van der Waals surface area contributed by atoms with E-state index in [-0.39, 0.29) is 18.4 Å². The average Bonchev–Trinajstić information content (AvgIpc) is 2.88. The Hall–Kier alpha value is -2.88. The van der Waals surface area contributed by atoms with Crippen LogP contribution in [-0.2, 0) is 13.0 Å². The van der Waals surface area contributed by atoms with E-state index in [9.17, 15) is 10.2 Å². The number of hydrogen-bond acceptors (Lipinski definition) is 3. The van der Waals surface area contributed by atoms with E-state index in [4.69, 9.17) is 4.84 Å². The first kappa shape index (κ1) is 15.0. The van der Waals surface area contributed by atoms with Crippen molar-refractivity contribution >= 4 is 0 Å². The lowest BCUT2D eigenvalue weighted by atomic mass is 10.0. The Morgan fingerprint density at radius 1 is 0.739 bits per heavy atom. The first-order chi connectivity index (χ1) is 11.1. The van der Waals surface area contributed by atoms with Gasteiger partial charge in [0.25, 0.3) is 0 Å². The lowest BCUT2D eigenvalue weighted by Crippen LogP contribution is -2.09. The first-order valence-corrected chi connectivity index (χ1v) is 7.48. The Morgan fingerprint density at radius 3 is 1.78 bits per heavy atom. The van der Waals surface area contributed by atoms with Crippen molar-refractivity contribution in [3.05, 3.63) is 82.9 Å². The molecular weight excluding hydrogens is 290 g/mol. The van der Waals surface area contributed by atoms with Crippen LogP contribution >= 0.6 is 0 Å². The summed E-state index contributed by atoms with van der Waals surface area (Å²) in [5.74, 6) is -0.253. The average molecular weight is 309 g/mol. The lowest BCUT2D eigenvalue weighted by Gasteiger charge is -2.09. The topological polar surface area (TPSA) is 54.6 Å². The Balaban J connectivity index is 1.62. The zero-order valence-corrected chi connectivity index (χ0v) is 12.9. The van der Waals surface area contributed by atoms with Crippen LogP contribution in [0.3, 0.4) is 0 Å². The van der Waals surface area contributed by atoms with Crippen LogP contribution in [0.5, 0.6) is 11.8 Å². The molecule has 0 radical (unpaired) electrons. The summed E-state index contributed by atoms with van der Waals surface area (Å²) in [5, 5.41) is 19.0. The number of hydrogen-bond donors (Lipinski definition) is 2. The van der Waals surface area contributed by atoms with E-state index in [1.54, 1.807) is 0 Å². The van der Waals surface area contributed by atoms with E-state index < -0.39 is 0 Å². The molecule has 0 bridgehead atoms. The van der Waals surface area contributed by atoms with Crippen molar-refractivity contribution in [2.45, 2.75) is 20.0 Å². The van der Waals surface area contributed by atoms with Crippen molar-refractivity contribution in [3.8, 4) is 11.8 Å². The van der Waals surface area contributed by atoms with Crippen molar-refractivity contribution in [1.82, 2.24) is 4.73 Å². The predicted octanol–water partition coefficient (Wildman–Crippen LogP) is 3.43. The van der Waals surface area contributed by atoms with Gasteiger partial charge in [0, 0.05) is 12.1 Å². The first-order valence-electron chi connectivity index (χ1n) is 7.48. The van der Waals surface area contributed by atoms with Gasteiger partial charge in [-0.2, -0.15) is 0 Å². The molecule has 1 heterocycles. The summed E-state index contributed by atoms with van der Waals surface area (Å²) in [7, 11) is 0. The maximum Gasteiger partial charge on any atom is 0.229 e. The zero-order chi connectivity index (χ0) is 16.2. The minimum atomic E-state index is -0.126. The third-order valence-corrected chi connectivity index (χ3v) is 3.71. The molecule has 4 nitrogen and oxygen atoms in total. The molecule has 0 saturated heterocycles. The molecule has 0 saturated carbocycles. The van der Waals surface area contributed by atoms with Crippen LogP contribution in [0, 0.1) is 6.92 Å². The van der Waals surface area contributed by atoms with E-state index in [1.165, 1.54) is 28.8 Å². The fourth-order valence-electron chi connectivity index (χ4n) is 2.37. The second kappa shape index (κ2) is 6.48. The summed E-state index contributed by atoms with van der Waals surface area (Å²) in [6.45, 7) is 2.35. The van der Waals surface area contributed by atoms with Crippen LogP contribution in [0.15, 0.2) is 60.7 Å². The molecule has 0 amide bonds. The normalized spacial score (nSPS) is 10.7. The van der Waals surface area contributed by atoms with Gasteiger partial charge >= 0.3 is 0 Å². The van der Waals surface area contributed by atoms with Crippen LogP contribution < -0.4 is 4.84 Å². The zero-order valence-electron chi connectivity index (χ0n) is 12.9. The summed E-state index contributed by atoms with van der Waals surface area (Å²) >= 11 is 0. The van der Waals surface area contributed by atoms with Crippen molar-refractivity contribution in [2.24, 2.45) is 0 Å². The predicted molar refractivity (Wildman–Crippen MR) is 88.5 cm³/mol. The molecule has 3 aromatic rings. The second-order valence-electron chi connectivity index (χ2n) is 5.60. The second-order valence-corrected chi connectivity index (χ2v) is 5.60. The van der Waals surface area contributed by atoms with Crippen molar-refractivity contribution in [3.63, 3.8) is 0 Å². The third kappa shape index (κ3) is 3.66. The largest absolute Gasteiger partial charge is 0.492 e. The third-order valence-electron chi connectivity index (χ3n) is 3.71. The Labute approximate surface area is 135 Å². The van der Waals surface area contributed by atoms with E-state index >= 15 is 0 Å². The minimum Gasteiger partial charge on any atom is -0.492 e. The number of aryl methyl sites for hydroxylation is 1. The highest BCUT2D eigenvalue weighted by molar-refractivity contribution is 5.30. The van der Waals surface area contributed by atoms with Gasteiger partial charge in [0.05, 0.1) is 0 Å². The summed E-state index contributed by atoms with van der Waals surface area (Å²) in [6, 6.07) is 19.4. The highest BCUT2D eigenvalue weighted by atomic mass is 16.7. The number of benzene rings is 2. The van der Waals surface area contributed by atoms with Gasteiger partial charge in [0.2, 0.25) is 11.8 Å². The van der Waals surface area contributed by atoms with E-state index in [0.29, 0.717) is 0 Å². The van der Waals surface area contributed by atoms with Gasteiger partial charge in [-0.05, 0) is 30.0 Å². The number of rotatable bonds is 5. The lowest BCUT2D eigenvalue weighted by molar-refractivity contribution is 0.0643. The molecule has 2 aromatic carbocycles. The molecule has 1 aromatic heterocycles. The van der Waals surface area contributed by atoms with Gasteiger partial charge in [-0.3, -0.25) is 0 Å². The van der Waals surface area contributed by atoms with E-state index in [1.807, 2.05) is 12.1 Å². The van der Waals surface area contributed by atoms with Crippen LogP contribution in [0.4, 0.5) is 0 Å². The van der Waals surface area contributed by atoms with Crippen molar-refractivity contribution < 1.29 is 15.1 Å². The summed E-state index contributed by atoms with van der Waals surface area (Å²) in [6.07, 6.45) is 0.889. The quantitative estimate of drug-likeness (QED) is 0.759. The highest BCUT2D eigenvalue weighted by Gasteiger charge is 2.06.